The Morgan fingerprint density at radius 2 is 1.88 bits per heavy atom. The number of nitrogens with one attached hydrogen (secondary N) is 2. The largest absolute Gasteiger partial charge is 0.276 e. The Bertz CT molecular complexity index is 1020. The van der Waals surface area contributed by atoms with E-state index in [0.717, 1.165) is 10.4 Å². The van der Waals surface area contributed by atoms with Crippen LogP contribution in [-0.4, -0.2) is 34.5 Å². The van der Waals surface area contributed by atoms with Gasteiger partial charge in [-0.05, 0) is 23.4 Å². The predicted molar refractivity (Wildman–Crippen MR) is 93.2 cm³/mol. The van der Waals surface area contributed by atoms with E-state index in [1.54, 1.807) is 18.2 Å². The summed E-state index contributed by atoms with van der Waals surface area (Å²) in [6.45, 7) is -0.308. The van der Waals surface area contributed by atoms with E-state index >= 15 is 0 Å². The molecule has 1 amide bonds. The number of nitrogens with zero attached hydrogens (tertiary/aromatic N) is 4. The van der Waals surface area contributed by atoms with Gasteiger partial charge in [0.1, 0.15) is 6.54 Å². The number of rotatable bonds is 6. The average Bonchev–Trinajstić information content (AvgIpc) is 3.09. The molecule has 0 bridgehead atoms. The highest BCUT2D eigenvalue weighted by Gasteiger charge is 2.16. The molecule has 0 saturated carbocycles. The fourth-order valence-corrected chi connectivity index (χ4v) is 3.16. The van der Waals surface area contributed by atoms with Crippen LogP contribution in [0.25, 0.3) is 11.4 Å². The van der Waals surface area contributed by atoms with Crippen molar-refractivity contribution in [1.29, 1.82) is 0 Å². The summed E-state index contributed by atoms with van der Waals surface area (Å²) in [4.78, 5) is 14.9. The Morgan fingerprint density at radius 1 is 1.12 bits per heavy atom. The first-order valence-electron chi connectivity index (χ1n) is 7.33. The molecular formula is C15H13ClN6O3S. The molecule has 1 aromatic heterocycles. The maximum absolute atomic E-state index is 12.1. The van der Waals surface area contributed by atoms with Crippen molar-refractivity contribution in [2.45, 2.75) is 11.4 Å². The molecule has 3 aromatic rings. The summed E-state index contributed by atoms with van der Waals surface area (Å²) in [5.41, 5.74) is 2.84. The minimum absolute atomic E-state index is 0.0736. The van der Waals surface area contributed by atoms with E-state index in [-0.39, 0.29) is 16.5 Å². The lowest BCUT2D eigenvalue weighted by Crippen LogP contribution is -2.43. The van der Waals surface area contributed by atoms with E-state index in [9.17, 15) is 13.2 Å². The van der Waals surface area contributed by atoms with E-state index in [2.05, 4.69) is 20.8 Å². The molecule has 0 unspecified atom stereocenters. The van der Waals surface area contributed by atoms with Gasteiger partial charge in [0.15, 0.2) is 0 Å². The summed E-state index contributed by atoms with van der Waals surface area (Å²) < 4.78 is 24.2. The summed E-state index contributed by atoms with van der Waals surface area (Å²) in [5.74, 6) is -0.300. The smallest absolute Gasteiger partial charge is 0.258 e. The lowest BCUT2D eigenvalue weighted by molar-refractivity contribution is -0.122. The molecule has 26 heavy (non-hydrogen) atoms. The second-order valence-corrected chi connectivity index (χ2v) is 7.24. The van der Waals surface area contributed by atoms with Crippen LogP contribution in [0.2, 0.25) is 5.02 Å². The van der Waals surface area contributed by atoms with Gasteiger partial charge in [-0.25, -0.2) is 8.42 Å². The highest BCUT2D eigenvalue weighted by atomic mass is 35.5. The third-order valence-electron chi connectivity index (χ3n) is 3.20. The first kappa shape index (κ1) is 18.0. The van der Waals surface area contributed by atoms with Gasteiger partial charge in [0.05, 0.1) is 4.90 Å². The van der Waals surface area contributed by atoms with Crippen LogP contribution >= 0.6 is 11.6 Å². The second-order valence-electron chi connectivity index (χ2n) is 5.12. The van der Waals surface area contributed by atoms with Crippen LogP contribution < -0.4 is 10.3 Å². The van der Waals surface area contributed by atoms with Crippen molar-refractivity contribution < 1.29 is 13.2 Å². The summed E-state index contributed by atoms with van der Waals surface area (Å²) >= 11 is 5.77. The quantitative estimate of drug-likeness (QED) is 0.604. The van der Waals surface area contributed by atoms with Gasteiger partial charge in [-0.2, -0.15) is 4.80 Å². The molecule has 9 nitrogen and oxygen atoms in total. The van der Waals surface area contributed by atoms with Crippen molar-refractivity contribution >= 4 is 27.5 Å². The van der Waals surface area contributed by atoms with E-state index in [1.165, 1.54) is 18.2 Å². The zero-order chi connectivity index (χ0) is 18.6. The van der Waals surface area contributed by atoms with Gasteiger partial charge in [0.25, 0.3) is 15.9 Å². The fourth-order valence-electron chi connectivity index (χ4n) is 2.00. The SMILES string of the molecule is O=C(Cn1nnc(-c2ccccc2)n1)NNS(=O)(=O)c1cccc(Cl)c1. The fraction of sp³-hybridized carbons (Fsp3) is 0.0667. The second kappa shape index (κ2) is 7.60. The molecule has 0 aliphatic carbocycles. The normalized spacial score (nSPS) is 11.3. The van der Waals surface area contributed by atoms with Crippen LogP contribution in [0.1, 0.15) is 0 Å². The van der Waals surface area contributed by atoms with Gasteiger partial charge in [0.2, 0.25) is 5.82 Å². The van der Waals surface area contributed by atoms with Crippen molar-refractivity contribution in [3.05, 3.63) is 59.6 Å². The first-order chi connectivity index (χ1) is 12.4. The van der Waals surface area contributed by atoms with Crippen molar-refractivity contribution in [1.82, 2.24) is 30.5 Å². The van der Waals surface area contributed by atoms with Gasteiger partial charge < -0.3 is 0 Å². The Balaban J connectivity index is 1.60. The van der Waals surface area contributed by atoms with Crippen LogP contribution in [-0.2, 0) is 21.4 Å². The summed E-state index contributed by atoms with van der Waals surface area (Å²) in [6, 6.07) is 14.8. The molecule has 11 heteroatoms. The molecule has 0 atom stereocenters. The van der Waals surface area contributed by atoms with Gasteiger partial charge >= 0.3 is 0 Å². The molecular weight excluding hydrogens is 380 g/mol. The standard InChI is InChI=1S/C15H13ClN6O3S/c16-12-7-4-8-13(9-12)26(24,25)21-17-14(23)10-22-19-15(18-20-22)11-5-2-1-3-6-11/h1-9,21H,10H2,(H,17,23). The van der Waals surface area contributed by atoms with Crippen LogP contribution in [0.3, 0.4) is 0 Å². The summed E-state index contributed by atoms with van der Waals surface area (Å²) in [7, 11) is -3.94. The molecule has 0 spiro atoms. The van der Waals surface area contributed by atoms with Gasteiger partial charge in [-0.15, -0.1) is 15.0 Å². The molecule has 1 heterocycles. The van der Waals surface area contributed by atoms with Gasteiger partial charge in [0, 0.05) is 10.6 Å². The Hall–Kier alpha value is -2.82. The van der Waals surface area contributed by atoms with Gasteiger partial charge in [-0.1, -0.05) is 48.0 Å². The number of amides is 1. The third kappa shape index (κ3) is 4.42. The summed E-state index contributed by atoms with van der Waals surface area (Å²) in [5, 5.41) is 12.0. The maximum Gasteiger partial charge on any atom is 0.258 e. The monoisotopic (exact) mass is 392 g/mol. The van der Waals surface area contributed by atoms with Crippen LogP contribution in [0.15, 0.2) is 59.5 Å². The van der Waals surface area contributed by atoms with Crippen LogP contribution in [0.5, 0.6) is 0 Å². The number of hydrazine groups is 1. The average molecular weight is 393 g/mol. The van der Waals surface area contributed by atoms with Crippen molar-refractivity contribution in [2.75, 3.05) is 0 Å². The molecule has 0 saturated heterocycles. The number of hydrogen-bond donors (Lipinski definition) is 2. The number of tetrazole rings is 1. The molecule has 0 radical (unpaired) electrons. The number of halogens is 1. The zero-order valence-corrected chi connectivity index (χ0v) is 14.8. The predicted octanol–water partition coefficient (Wildman–Crippen LogP) is 1.00. The van der Waals surface area contributed by atoms with E-state index in [0.29, 0.717) is 5.82 Å². The molecule has 0 aliphatic rings. The van der Waals surface area contributed by atoms with Crippen molar-refractivity contribution in [2.24, 2.45) is 0 Å². The summed E-state index contributed by atoms with van der Waals surface area (Å²) in [6.07, 6.45) is 0. The molecule has 2 aromatic carbocycles. The topological polar surface area (TPSA) is 119 Å². The maximum atomic E-state index is 12.1. The van der Waals surface area contributed by atoms with Crippen LogP contribution in [0, 0.1) is 0 Å². The van der Waals surface area contributed by atoms with Crippen molar-refractivity contribution in [3.63, 3.8) is 0 Å². The van der Waals surface area contributed by atoms with E-state index < -0.39 is 15.9 Å². The molecule has 2 N–H and O–H groups in total. The molecule has 0 fully saturated rings. The minimum atomic E-state index is -3.94. The highest BCUT2D eigenvalue weighted by Crippen LogP contribution is 2.14. The third-order valence-corrected chi connectivity index (χ3v) is 4.68. The Kier molecular flexibility index (Phi) is 5.26. The van der Waals surface area contributed by atoms with Crippen LogP contribution in [0.4, 0.5) is 0 Å². The molecule has 0 aliphatic heterocycles. The Morgan fingerprint density at radius 3 is 2.62 bits per heavy atom. The van der Waals surface area contributed by atoms with E-state index in [1.807, 2.05) is 23.0 Å². The lowest BCUT2D eigenvalue weighted by atomic mass is 10.2. The minimum Gasteiger partial charge on any atom is -0.276 e. The van der Waals surface area contributed by atoms with Crippen molar-refractivity contribution in [3.8, 4) is 11.4 Å². The molecule has 3 rings (SSSR count). The first-order valence-corrected chi connectivity index (χ1v) is 9.19. The number of aromatic nitrogens is 4. The number of benzene rings is 2. The van der Waals surface area contributed by atoms with Gasteiger partial charge in [-0.3, -0.25) is 10.2 Å². The van der Waals surface area contributed by atoms with E-state index in [4.69, 9.17) is 11.6 Å². The number of hydrogen-bond acceptors (Lipinski definition) is 6. The number of carbonyl (C=O) groups excluding carboxylic acids is 1. The Labute approximate surface area is 154 Å². The number of sulfonamides is 1. The zero-order valence-electron chi connectivity index (χ0n) is 13.2. The number of carbonyl (C=O) groups is 1. The molecule has 134 valence electrons. The lowest BCUT2D eigenvalue weighted by Gasteiger charge is -2.08. The highest BCUT2D eigenvalue weighted by molar-refractivity contribution is 7.89.